The lowest BCUT2D eigenvalue weighted by Gasteiger charge is -2.07. The fourth-order valence-electron chi connectivity index (χ4n) is 1.68. The number of aryl methyl sites for hydroxylation is 1. The Morgan fingerprint density at radius 1 is 1.38 bits per heavy atom. The van der Waals surface area contributed by atoms with Crippen molar-refractivity contribution in [3.8, 4) is 5.69 Å². The molecule has 0 fully saturated rings. The Bertz CT molecular complexity index is 754. The van der Waals surface area contributed by atoms with Gasteiger partial charge in [-0.1, -0.05) is 13.0 Å². The number of nitrogens with one attached hydrogen (secondary N) is 1. The van der Waals surface area contributed by atoms with Crippen LogP contribution in [0.3, 0.4) is 0 Å². The van der Waals surface area contributed by atoms with Crippen LogP contribution in [0.25, 0.3) is 5.69 Å². The summed E-state index contributed by atoms with van der Waals surface area (Å²) < 4.78 is 24.3. The van der Waals surface area contributed by atoms with Crippen molar-refractivity contribution in [3.63, 3.8) is 0 Å². The Morgan fingerprint density at radius 3 is 2.76 bits per heavy atom. The molecule has 0 bridgehead atoms. The van der Waals surface area contributed by atoms with Crippen molar-refractivity contribution in [2.75, 3.05) is 16.8 Å². The minimum Gasteiger partial charge on any atom is -0.325 e. The van der Waals surface area contributed by atoms with Crippen LogP contribution in [0, 0.1) is 6.92 Å². The molecule has 0 radical (unpaired) electrons. The molecule has 112 valence electrons. The van der Waals surface area contributed by atoms with E-state index in [9.17, 15) is 13.2 Å². The van der Waals surface area contributed by atoms with E-state index in [0.29, 0.717) is 17.2 Å². The molecule has 0 saturated heterocycles. The van der Waals surface area contributed by atoms with E-state index in [2.05, 4.69) is 20.8 Å². The van der Waals surface area contributed by atoms with Gasteiger partial charge < -0.3 is 5.32 Å². The van der Waals surface area contributed by atoms with Crippen molar-refractivity contribution < 1.29 is 13.2 Å². The highest BCUT2D eigenvalue weighted by atomic mass is 32.2. The van der Waals surface area contributed by atoms with Gasteiger partial charge in [0.2, 0.25) is 5.91 Å². The first-order chi connectivity index (χ1) is 9.91. The maximum absolute atomic E-state index is 11.7. The van der Waals surface area contributed by atoms with E-state index in [-0.39, 0.29) is 5.75 Å². The molecule has 8 nitrogen and oxygen atoms in total. The highest BCUT2D eigenvalue weighted by molar-refractivity contribution is 7.92. The predicted molar refractivity (Wildman–Crippen MR) is 76.8 cm³/mol. The number of rotatable bonds is 5. The van der Waals surface area contributed by atoms with E-state index in [0.717, 1.165) is 0 Å². The van der Waals surface area contributed by atoms with Crippen LogP contribution < -0.4 is 5.32 Å². The van der Waals surface area contributed by atoms with Crippen LogP contribution in [-0.2, 0) is 14.6 Å². The number of amides is 1. The zero-order valence-corrected chi connectivity index (χ0v) is 12.5. The number of hydrogen-bond acceptors (Lipinski definition) is 6. The van der Waals surface area contributed by atoms with E-state index in [1.54, 1.807) is 31.2 Å². The topological polar surface area (TPSA) is 107 Å². The summed E-state index contributed by atoms with van der Waals surface area (Å²) in [5.74, 6) is -0.559. The van der Waals surface area contributed by atoms with Gasteiger partial charge in [0.25, 0.3) is 0 Å². The summed E-state index contributed by atoms with van der Waals surface area (Å²) in [6, 6.07) is 6.83. The largest absolute Gasteiger partial charge is 0.325 e. The van der Waals surface area contributed by atoms with E-state index in [1.165, 1.54) is 11.6 Å². The Balaban J connectivity index is 2.16. The molecule has 0 saturated carbocycles. The first kappa shape index (κ1) is 15.1. The van der Waals surface area contributed by atoms with Gasteiger partial charge in [0.1, 0.15) is 5.75 Å². The fourth-order valence-corrected chi connectivity index (χ4v) is 2.36. The van der Waals surface area contributed by atoms with Crippen LogP contribution in [0.15, 0.2) is 24.3 Å². The van der Waals surface area contributed by atoms with Gasteiger partial charge in [0.05, 0.1) is 5.69 Å². The third-order valence-electron chi connectivity index (χ3n) is 2.79. The summed E-state index contributed by atoms with van der Waals surface area (Å²) in [6.07, 6.45) is 0. The highest BCUT2D eigenvalue weighted by Crippen LogP contribution is 2.14. The summed E-state index contributed by atoms with van der Waals surface area (Å²) in [5, 5.41) is 13.7. The third kappa shape index (κ3) is 3.85. The van der Waals surface area contributed by atoms with Gasteiger partial charge in [-0.2, -0.15) is 4.68 Å². The Hall–Kier alpha value is -2.29. The van der Waals surface area contributed by atoms with Crippen molar-refractivity contribution in [1.29, 1.82) is 0 Å². The lowest BCUT2D eigenvalue weighted by Crippen LogP contribution is -2.24. The molecule has 0 unspecified atom stereocenters. The van der Waals surface area contributed by atoms with E-state index >= 15 is 0 Å². The lowest BCUT2D eigenvalue weighted by atomic mass is 10.2. The van der Waals surface area contributed by atoms with Gasteiger partial charge in [0.15, 0.2) is 15.7 Å². The van der Waals surface area contributed by atoms with Crippen LogP contribution in [0.4, 0.5) is 5.69 Å². The molecular formula is C12H15N5O3S. The summed E-state index contributed by atoms with van der Waals surface area (Å²) >= 11 is 0. The minimum absolute atomic E-state index is 0.0652. The van der Waals surface area contributed by atoms with Crippen LogP contribution in [-0.4, -0.2) is 46.0 Å². The molecule has 2 aromatic rings. The smallest absolute Gasteiger partial charge is 0.239 e. The molecule has 0 aliphatic heterocycles. The number of anilines is 1. The first-order valence-corrected chi connectivity index (χ1v) is 8.09. The summed E-state index contributed by atoms with van der Waals surface area (Å²) in [6.45, 7) is 3.25. The molecular weight excluding hydrogens is 294 g/mol. The van der Waals surface area contributed by atoms with Crippen LogP contribution in [0.5, 0.6) is 0 Å². The Morgan fingerprint density at radius 2 is 2.14 bits per heavy atom. The first-order valence-electron chi connectivity index (χ1n) is 6.27. The molecule has 1 heterocycles. The normalized spacial score (nSPS) is 11.3. The zero-order chi connectivity index (χ0) is 15.5. The number of aromatic nitrogens is 4. The number of carbonyl (C=O) groups excluding carboxylic acids is 1. The van der Waals surface area contributed by atoms with Crippen molar-refractivity contribution in [2.24, 2.45) is 0 Å². The zero-order valence-electron chi connectivity index (χ0n) is 11.6. The number of nitrogens with zero attached hydrogens (tertiary/aromatic N) is 4. The maximum atomic E-state index is 11.7. The van der Waals surface area contributed by atoms with Crippen molar-refractivity contribution >= 4 is 21.4 Å². The highest BCUT2D eigenvalue weighted by Gasteiger charge is 2.14. The summed E-state index contributed by atoms with van der Waals surface area (Å²) in [4.78, 5) is 11.7. The standard InChI is InChI=1S/C12H15N5O3S/c1-3-21(19,20)8-12(18)13-10-5-4-6-11(7-10)17-9(2)14-15-16-17/h4-7H,3,8H2,1-2H3,(H,13,18). The van der Waals surface area contributed by atoms with Crippen molar-refractivity contribution in [3.05, 3.63) is 30.1 Å². The summed E-state index contributed by atoms with van der Waals surface area (Å²) in [7, 11) is -3.35. The molecule has 9 heteroatoms. The molecule has 1 aromatic heterocycles. The van der Waals surface area contributed by atoms with E-state index in [1.807, 2.05) is 0 Å². The predicted octanol–water partition coefficient (Wildman–Crippen LogP) is 0.344. The van der Waals surface area contributed by atoms with Gasteiger partial charge in [-0.05, 0) is 35.5 Å². The van der Waals surface area contributed by atoms with Crippen molar-refractivity contribution in [1.82, 2.24) is 20.2 Å². The molecule has 1 amide bonds. The molecule has 21 heavy (non-hydrogen) atoms. The Labute approximate surface area is 122 Å². The molecule has 0 spiro atoms. The molecule has 0 atom stereocenters. The van der Waals surface area contributed by atoms with Gasteiger partial charge in [-0.3, -0.25) is 4.79 Å². The second-order valence-electron chi connectivity index (χ2n) is 4.41. The maximum Gasteiger partial charge on any atom is 0.239 e. The molecule has 1 N–H and O–H groups in total. The molecule has 2 rings (SSSR count). The number of hydrogen-bond donors (Lipinski definition) is 1. The minimum atomic E-state index is -3.35. The second-order valence-corrected chi connectivity index (χ2v) is 6.77. The third-order valence-corrected chi connectivity index (χ3v) is 4.37. The monoisotopic (exact) mass is 309 g/mol. The van der Waals surface area contributed by atoms with Crippen LogP contribution in [0.1, 0.15) is 12.7 Å². The van der Waals surface area contributed by atoms with Crippen LogP contribution in [0.2, 0.25) is 0 Å². The molecule has 1 aromatic carbocycles. The lowest BCUT2D eigenvalue weighted by molar-refractivity contribution is -0.113. The van der Waals surface area contributed by atoms with Gasteiger partial charge in [0, 0.05) is 11.4 Å². The van der Waals surface area contributed by atoms with Crippen LogP contribution >= 0.6 is 0 Å². The number of carbonyl (C=O) groups is 1. The Kier molecular flexibility index (Phi) is 4.32. The van der Waals surface area contributed by atoms with E-state index in [4.69, 9.17) is 0 Å². The fraction of sp³-hybridized carbons (Fsp3) is 0.333. The average molecular weight is 309 g/mol. The number of tetrazole rings is 1. The van der Waals surface area contributed by atoms with Gasteiger partial charge in [-0.25, -0.2) is 8.42 Å². The SMILES string of the molecule is CCS(=O)(=O)CC(=O)Nc1cccc(-n2nnnc2C)c1. The van der Waals surface area contributed by atoms with E-state index < -0.39 is 21.5 Å². The van der Waals surface area contributed by atoms with Crippen molar-refractivity contribution in [2.45, 2.75) is 13.8 Å². The quantitative estimate of drug-likeness (QED) is 0.853. The van der Waals surface area contributed by atoms with Gasteiger partial charge in [-0.15, -0.1) is 5.10 Å². The number of benzene rings is 1. The van der Waals surface area contributed by atoms with Gasteiger partial charge >= 0.3 is 0 Å². The molecule has 0 aliphatic rings. The molecule has 0 aliphatic carbocycles. The number of sulfone groups is 1. The second kappa shape index (κ2) is 6.00. The average Bonchev–Trinajstić information content (AvgIpc) is 2.84. The summed E-state index contributed by atoms with van der Waals surface area (Å²) in [5.41, 5.74) is 1.16.